The molecule has 0 bridgehead atoms. The first-order valence-corrected chi connectivity index (χ1v) is 10.2. The van der Waals surface area contributed by atoms with E-state index in [9.17, 15) is 9.59 Å². The summed E-state index contributed by atoms with van der Waals surface area (Å²) in [4.78, 5) is 29.2. The Labute approximate surface area is 179 Å². The summed E-state index contributed by atoms with van der Waals surface area (Å²) in [5, 5.41) is 15.4. The Bertz CT molecular complexity index is 1090. The average Bonchev–Trinajstić information content (AvgIpc) is 3.24. The molecule has 1 aliphatic heterocycles. The number of aromatic nitrogens is 1. The van der Waals surface area contributed by atoms with E-state index in [0.29, 0.717) is 6.42 Å². The first-order valence-electron chi connectivity index (χ1n) is 10.2. The van der Waals surface area contributed by atoms with E-state index in [1.165, 1.54) is 0 Å². The number of fused-ring (bicyclic) bond motifs is 1. The maximum atomic E-state index is 12.5. The van der Waals surface area contributed by atoms with Crippen molar-refractivity contribution in [2.24, 2.45) is 0 Å². The third-order valence-corrected chi connectivity index (χ3v) is 5.36. The summed E-state index contributed by atoms with van der Waals surface area (Å²) in [6.45, 7) is 3.96. The van der Waals surface area contributed by atoms with Gasteiger partial charge in [-0.2, -0.15) is 4.98 Å². The minimum absolute atomic E-state index is 0.0794. The lowest BCUT2D eigenvalue weighted by atomic mass is 9.91. The van der Waals surface area contributed by atoms with Crippen LogP contribution in [0.1, 0.15) is 48.8 Å². The molecule has 8 nitrogen and oxygen atoms in total. The van der Waals surface area contributed by atoms with E-state index in [2.05, 4.69) is 28.6 Å². The molecule has 0 radical (unpaired) electrons. The van der Waals surface area contributed by atoms with Gasteiger partial charge >= 0.3 is 5.97 Å². The van der Waals surface area contributed by atoms with Crippen LogP contribution < -0.4 is 15.5 Å². The van der Waals surface area contributed by atoms with Crippen LogP contribution in [0, 0.1) is 0 Å². The smallest absolute Gasteiger partial charge is 0.357 e. The Morgan fingerprint density at radius 2 is 1.87 bits per heavy atom. The highest BCUT2D eigenvalue weighted by Gasteiger charge is 2.32. The number of amides is 1. The van der Waals surface area contributed by atoms with Crippen molar-refractivity contribution < 1.29 is 19.1 Å². The van der Waals surface area contributed by atoms with Crippen LogP contribution in [0.3, 0.4) is 0 Å². The summed E-state index contributed by atoms with van der Waals surface area (Å²) in [5.41, 5.74) is 3.57. The van der Waals surface area contributed by atoms with Crippen LogP contribution in [-0.2, 0) is 4.79 Å². The summed E-state index contributed by atoms with van der Waals surface area (Å²) < 4.78 is 5.12. The van der Waals surface area contributed by atoms with E-state index < -0.39 is 5.97 Å². The Morgan fingerprint density at radius 3 is 2.55 bits per heavy atom. The van der Waals surface area contributed by atoms with Crippen molar-refractivity contribution in [1.82, 2.24) is 4.98 Å². The SMILES string of the molecule is CCC(=O)N1c2ccccc2[C@H](Nc2ccc(Nc3nc(C(=O)O)co3)cc2)C[C@@H]1C. The van der Waals surface area contributed by atoms with E-state index in [-0.39, 0.29) is 29.7 Å². The number of nitrogens with one attached hydrogen (secondary N) is 2. The third kappa shape index (κ3) is 4.23. The van der Waals surface area contributed by atoms with Gasteiger partial charge in [0, 0.05) is 29.5 Å². The molecule has 1 aliphatic rings. The number of para-hydroxylation sites is 1. The monoisotopic (exact) mass is 420 g/mol. The maximum Gasteiger partial charge on any atom is 0.357 e. The van der Waals surface area contributed by atoms with Gasteiger partial charge in [0.15, 0.2) is 5.69 Å². The number of carboxylic acids is 1. The van der Waals surface area contributed by atoms with Crippen LogP contribution >= 0.6 is 0 Å². The van der Waals surface area contributed by atoms with Crippen molar-refractivity contribution in [2.45, 2.75) is 38.8 Å². The Kier molecular flexibility index (Phi) is 5.62. The Hall–Kier alpha value is -3.81. The number of benzene rings is 2. The minimum Gasteiger partial charge on any atom is -0.476 e. The second-order valence-corrected chi connectivity index (χ2v) is 7.50. The van der Waals surface area contributed by atoms with Gasteiger partial charge in [-0.25, -0.2) is 4.79 Å². The third-order valence-electron chi connectivity index (χ3n) is 5.36. The molecule has 0 spiro atoms. The largest absolute Gasteiger partial charge is 0.476 e. The lowest BCUT2D eigenvalue weighted by Gasteiger charge is -2.40. The van der Waals surface area contributed by atoms with E-state index >= 15 is 0 Å². The van der Waals surface area contributed by atoms with E-state index in [0.717, 1.165) is 35.3 Å². The zero-order chi connectivity index (χ0) is 22.0. The van der Waals surface area contributed by atoms with Gasteiger partial charge in [0.1, 0.15) is 6.26 Å². The predicted octanol–water partition coefficient (Wildman–Crippen LogP) is 4.80. The number of hydrogen-bond donors (Lipinski definition) is 3. The molecule has 1 amide bonds. The van der Waals surface area contributed by atoms with E-state index in [1.54, 1.807) is 0 Å². The molecule has 0 saturated carbocycles. The first-order chi connectivity index (χ1) is 15.0. The molecule has 0 aliphatic carbocycles. The predicted molar refractivity (Wildman–Crippen MR) is 118 cm³/mol. The van der Waals surface area contributed by atoms with Crippen molar-refractivity contribution in [3.05, 3.63) is 66.1 Å². The van der Waals surface area contributed by atoms with Gasteiger partial charge in [-0.1, -0.05) is 25.1 Å². The zero-order valence-corrected chi connectivity index (χ0v) is 17.3. The number of carbonyl (C=O) groups excluding carboxylic acids is 1. The number of carbonyl (C=O) groups is 2. The molecule has 3 N–H and O–H groups in total. The van der Waals surface area contributed by atoms with Crippen LogP contribution in [0.25, 0.3) is 0 Å². The van der Waals surface area contributed by atoms with Crippen molar-refractivity contribution in [3.8, 4) is 0 Å². The highest BCUT2D eigenvalue weighted by atomic mass is 16.4. The highest BCUT2D eigenvalue weighted by molar-refractivity contribution is 5.95. The van der Waals surface area contributed by atoms with Crippen LogP contribution in [-0.4, -0.2) is 28.0 Å². The number of rotatable bonds is 6. The molecular weight excluding hydrogens is 396 g/mol. The first kappa shape index (κ1) is 20.5. The maximum absolute atomic E-state index is 12.5. The zero-order valence-electron chi connectivity index (χ0n) is 17.3. The van der Waals surface area contributed by atoms with Crippen LogP contribution in [0.2, 0.25) is 0 Å². The molecule has 2 heterocycles. The molecule has 0 unspecified atom stereocenters. The van der Waals surface area contributed by atoms with Crippen molar-refractivity contribution >= 4 is 35.0 Å². The van der Waals surface area contributed by atoms with E-state index in [1.807, 2.05) is 54.3 Å². The molecule has 8 heteroatoms. The van der Waals surface area contributed by atoms with Gasteiger partial charge in [0.05, 0.1) is 6.04 Å². The summed E-state index contributed by atoms with van der Waals surface area (Å²) in [6.07, 6.45) is 2.37. The number of oxazole rings is 1. The molecule has 31 heavy (non-hydrogen) atoms. The quantitative estimate of drug-likeness (QED) is 0.525. The Balaban J connectivity index is 1.49. The van der Waals surface area contributed by atoms with Gasteiger partial charge in [-0.3, -0.25) is 4.79 Å². The number of hydrogen-bond acceptors (Lipinski definition) is 6. The fourth-order valence-corrected chi connectivity index (χ4v) is 3.90. The lowest BCUT2D eigenvalue weighted by Crippen LogP contribution is -2.44. The molecule has 0 fully saturated rings. The fourth-order valence-electron chi connectivity index (χ4n) is 3.90. The fraction of sp³-hybridized carbons (Fsp3) is 0.261. The average molecular weight is 420 g/mol. The van der Waals surface area contributed by atoms with Gasteiger partial charge in [-0.05, 0) is 49.2 Å². The molecule has 160 valence electrons. The Morgan fingerprint density at radius 1 is 1.16 bits per heavy atom. The second kappa shape index (κ2) is 8.51. The summed E-state index contributed by atoms with van der Waals surface area (Å²) >= 11 is 0. The lowest BCUT2D eigenvalue weighted by molar-refractivity contribution is -0.118. The van der Waals surface area contributed by atoms with Crippen LogP contribution in [0.4, 0.5) is 23.1 Å². The van der Waals surface area contributed by atoms with E-state index in [4.69, 9.17) is 9.52 Å². The van der Waals surface area contributed by atoms with Gasteiger partial charge in [0.25, 0.3) is 6.01 Å². The molecule has 2 aromatic carbocycles. The summed E-state index contributed by atoms with van der Waals surface area (Å²) in [7, 11) is 0. The van der Waals surface area contributed by atoms with Crippen molar-refractivity contribution in [1.29, 1.82) is 0 Å². The number of aromatic carboxylic acids is 1. The molecule has 2 atom stereocenters. The van der Waals surface area contributed by atoms with Crippen molar-refractivity contribution in [3.63, 3.8) is 0 Å². The standard InChI is InChI=1S/C23H24N4O4/c1-3-21(28)27-14(2)12-18(17-6-4-5-7-20(17)27)24-15-8-10-16(11-9-15)25-23-26-19(13-31-23)22(29)30/h4-11,13-14,18,24H,3,12H2,1-2H3,(H,25,26)(H,29,30)/t14-,18+/m0/s1. The number of nitrogens with zero attached hydrogens (tertiary/aromatic N) is 2. The molecule has 0 saturated heterocycles. The molecule has 3 aromatic rings. The van der Waals surface area contributed by atoms with Crippen molar-refractivity contribution in [2.75, 3.05) is 15.5 Å². The van der Waals surface area contributed by atoms with Crippen LogP contribution in [0.15, 0.2) is 59.2 Å². The molecule has 1 aromatic heterocycles. The summed E-state index contributed by atoms with van der Waals surface area (Å²) in [5.74, 6) is -1.01. The van der Waals surface area contributed by atoms with Gasteiger partial charge < -0.3 is 25.1 Å². The topological polar surface area (TPSA) is 108 Å². The second-order valence-electron chi connectivity index (χ2n) is 7.50. The van der Waals surface area contributed by atoms with Crippen LogP contribution in [0.5, 0.6) is 0 Å². The molecule has 4 rings (SSSR count). The highest BCUT2D eigenvalue weighted by Crippen LogP contribution is 2.39. The number of anilines is 4. The van der Waals surface area contributed by atoms with Gasteiger partial charge in [-0.15, -0.1) is 0 Å². The minimum atomic E-state index is -1.14. The number of carboxylic acid groups (broad SMARTS) is 1. The normalized spacial score (nSPS) is 17.7. The molecular formula is C23H24N4O4. The van der Waals surface area contributed by atoms with Gasteiger partial charge in [0.2, 0.25) is 5.91 Å². The summed E-state index contributed by atoms with van der Waals surface area (Å²) in [6, 6.07) is 15.9.